The van der Waals surface area contributed by atoms with Crippen LogP contribution in [0.3, 0.4) is 0 Å². The molecule has 0 unspecified atom stereocenters. The van der Waals surface area contributed by atoms with Crippen LogP contribution < -0.4 is 5.32 Å². The van der Waals surface area contributed by atoms with Crippen molar-refractivity contribution in [3.8, 4) is 0 Å². The first-order valence-electron chi connectivity index (χ1n) is 2.98. The van der Waals surface area contributed by atoms with Gasteiger partial charge in [-0.2, -0.15) is 0 Å². The number of hydrogen-bond donors (Lipinski definition) is 1. The number of carbonyl (C=O) groups is 1. The summed E-state index contributed by atoms with van der Waals surface area (Å²) in [6, 6.07) is 0. The molecule has 0 rings (SSSR count). The van der Waals surface area contributed by atoms with Gasteiger partial charge in [0.25, 0.3) is 0 Å². The lowest BCUT2D eigenvalue weighted by atomic mass is 10.3. The van der Waals surface area contributed by atoms with E-state index in [2.05, 4.69) is 0 Å². The highest BCUT2D eigenvalue weighted by molar-refractivity contribution is 5.52. The minimum Gasteiger partial charge on any atom is -0.326 e. The van der Waals surface area contributed by atoms with Gasteiger partial charge in [-0.25, -0.2) is 8.78 Å². The molecular formula is C7H9F2NO. The zero-order valence-electron chi connectivity index (χ0n) is 6.32. The second-order valence-corrected chi connectivity index (χ2v) is 1.94. The molecule has 62 valence electrons. The molecule has 0 saturated heterocycles. The van der Waals surface area contributed by atoms with E-state index in [1.54, 1.807) is 0 Å². The van der Waals surface area contributed by atoms with Crippen molar-refractivity contribution in [1.29, 1.82) is 0 Å². The highest BCUT2D eigenvalue weighted by Crippen LogP contribution is 2.06. The predicted molar refractivity (Wildman–Crippen MR) is 37.9 cm³/mol. The minimum atomic E-state index is -0.630. The van der Waals surface area contributed by atoms with Gasteiger partial charge < -0.3 is 5.32 Å². The number of allylic oxidation sites excluding steroid dienone is 3. The van der Waals surface area contributed by atoms with Crippen LogP contribution in [0.25, 0.3) is 0 Å². The first-order valence-corrected chi connectivity index (χ1v) is 2.98. The van der Waals surface area contributed by atoms with E-state index < -0.39 is 11.7 Å². The normalized spacial score (nSPS) is 14.0. The summed E-state index contributed by atoms with van der Waals surface area (Å²) in [6.07, 6.45) is 1.20. The van der Waals surface area contributed by atoms with Gasteiger partial charge in [0.1, 0.15) is 5.83 Å². The summed E-state index contributed by atoms with van der Waals surface area (Å²) in [5, 5.41) is 2.02. The zero-order chi connectivity index (χ0) is 8.85. The maximum Gasteiger partial charge on any atom is 0.211 e. The fourth-order valence-electron chi connectivity index (χ4n) is 0.503. The van der Waals surface area contributed by atoms with Crippen LogP contribution >= 0.6 is 0 Å². The smallest absolute Gasteiger partial charge is 0.211 e. The van der Waals surface area contributed by atoms with Crippen molar-refractivity contribution in [2.45, 2.75) is 13.8 Å². The second-order valence-electron chi connectivity index (χ2n) is 1.94. The molecule has 0 aliphatic heterocycles. The summed E-state index contributed by atoms with van der Waals surface area (Å²) in [5.74, 6) is -1.19. The van der Waals surface area contributed by atoms with Crippen molar-refractivity contribution in [1.82, 2.24) is 5.32 Å². The molecule has 0 heterocycles. The lowest BCUT2D eigenvalue weighted by molar-refractivity contribution is -0.108. The molecule has 0 atom stereocenters. The van der Waals surface area contributed by atoms with Gasteiger partial charge in [0.15, 0.2) is 0 Å². The lowest BCUT2D eigenvalue weighted by Crippen LogP contribution is -2.09. The Labute approximate surface area is 63.6 Å². The molecule has 2 nitrogen and oxygen atoms in total. The maximum absolute atomic E-state index is 12.4. The Bertz CT molecular complexity index is 200. The summed E-state index contributed by atoms with van der Waals surface area (Å²) < 4.78 is 24.5. The molecule has 0 radical (unpaired) electrons. The Hall–Kier alpha value is -1.19. The van der Waals surface area contributed by atoms with Crippen LogP contribution in [0.5, 0.6) is 0 Å². The van der Waals surface area contributed by atoms with Crippen molar-refractivity contribution in [3.63, 3.8) is 0 Å². The molecule has 4 heteroatoms. The molecule has 1 N–H and O–H groups in total. The fourth-order valence-corrected chi connectivity index (χ4v) is 0.503. The van der Waals surface area contributed by atoms with Gasteiger partial charge in [-0.3, -0.25) is 4.79 Å². The fraction of sp³-hybridized carbons (Fsp3) is 0.286. The SMILES string of the molecule is C/C(F)=C(\C=C(/C)F)NC=O. The van der Waals surface area contributed by atoms with Gasteiger partial charge in [-0.05, 0) is 19.9 Å². The minimum absolute atomic E-state index is 0.153. The average Bonchev–Trinajstić information content (AvgIpc) is 1.86. The summed E-state index contributed by atoms with van der Waals surface area (Å²) in [4.78, 5) is 9.84. The molecule has 11 heavy (non-hydrogen) atoms. The van der Waals surface area contributed by atoms with Crippen LogP contribution in [0.1, 0.15) is 13.8 Å². The molecule has 0 aliphatic carbocycles. The van der Waals surface area contributed by atoms with E-state index in [4.69, 9.17) is 0 Å². The molecule has 0 aromatic rings. The standard InChI is InChI=1S/C7H9F2NO/c1-5(8)3-7(6(2)9)10-4-11/h3-4H,1-2H3,(H,10,11)/b5-3+,7-6-. The Balaban J connectivity index is 4.50. The van der Waals surface area contributed by atoms with E-state index in [9.17, 15) is 13.6 Å². The monoisotopic (exact) mass is 161 g/mol. The number of nitrogens with one attached hydrogen (secondary N) is 1. The first kappa shape index (κ1) is 9.81. The topological polar surface area (TPSA) is 29.1 Å². The van der Waals surface area contributed by atoms with Crippen molar-refractivity contribution in [2.75, 3.05) is 0 Å². The van der Waals surface area contributed by atoms with Gasteiger partial charge in [-0.1, -0.05) is 0 Å². The third-order valence-electron chi connectivity index (χ3n) is 0.929. The van der Waals surface area contributed by atoms with E-state index >= 15 is 0 Å². The number of amides is 1. The largest absolute Gasteiger partial charge is 0.326 e. The summed E-state index contributed by atoms with van der Waals surface area (Å²) in [5.41, 5.74) is -0.153. The predicted octanol–water partition coefficient (Wildman–Crippen LogP) is 1.81. The molecule has 1 amide bonds. The molecule has 0 spiro atoms. The second kappa shape index (κ2) is 4.60. The Morgan fingerprint density at radius 3 is 2.18 bits per heavy atom. The molecular weight excluding hydrogens is 152 g/mol. The van der Waals surface area contributed by atoms with Crippen LogP contribution in [0, 0.1) is 0 Å². The van der Waals surface area contributed by atoms with E-state index in [0.29, 0.717) is 0 Å². The lowest BCUT2D eigenvalue weighted by Gasteiger charge is -1.98. The van der Waals surface area contributed by atoms with Gasteiger partial charge in [0.2, 0.25) is 6.41 Å². The summed E-state index contributed by atoms with van der Waals surface area (Å²) in [7, 11) is 0. The summed E-state index contributed by atoms with van der Waals surface area (Å²) >= 11 is 0. The number of carbonyl (C=O) groups excluding carboxylic acids is 1. The molecule has 0 aromatic carbocycles. The summed E-state index contributed by atoms with van der Waals surface area (Å²) in [6.45, 7) is 2.29. The number of hydrogen-bond acceptors (Lipinski definition) is 1. The zero-order valence-corrected chi connectivity index (χ0v) is 6.32. The highest BCUT2D eigenvalue weighted by atomic mass is 19.1. The van der Waals surface area contributed by atoms with Crippen LogP contribution in [0.4, 0.5) is 8.78 Å². The van der Waals surface area contributed by atoms with Gasteiger partial charge in [-0.15, -0.1) is 0 Å². The Morgan fingerprint density at radius 1 is 1.36 bits per heavy atom. The van der Waals surface area contributed by atoms with E-state index in [-0.39, 0.29) is 12.1 Å². The van der Waals surface area contributed by atoms with Crippen molar-refractivity contribution in [3.05, 3.63) is 23.4 Å². The first-order chi connectivity index (χ1) is 5.07. The van der Waals surface area contributed by atoms with Crippen molar-refractivity contribution >= 4 is 6.41 Å². The molecule has 0 aliphatic rings. The molecule has 0 bridgehead atoms. The van der Waals surface area contributed by atoms with Crippen molar-refractivity contribution < 1.29 is 13.6 Å². The number of halogens is 2. The Kier molecular flexibility index (Phi) is 4.10. The van der Waals surface area contributed by atoms with Crippen LogP contribution in [-0.2, 0) is 4.79 Å². The average molecular weight is 161 g/mol. The van der Waals surface area contributed by atoms with Crippen molar-refractivity contribution in [2.24, 2.45) is 0 Å². The molecule has 0 saturated carbocycles. The van der Waals surface area contributed by atoms with E-state index in [1.165, 1.54) is 0 Å². The van der Waals surface area contributed by atoms with Gasteiger partial charge in [0, 0.05) is 0 Å². The third kappa shape index (κ3) is 4.25. The number of rotatable bonds is 3. The third-order valence-corrected chi connectivity index (χ3v) is 0.929. The van der Waals surface area contributed by atoms with Crippen LogP contribution in [0.15, 0.2) is 23.4 Å². The molecule has 0 aromatic heterocycles. The van der Waals surface area contributed by atoms with E-state index in [1.807, 2.05) is 5.32 Å². The highest BCUT2D eigenvalue weighted by Gasteiger charge is 1.97. The van der Waals surface area contributed by atoms with Crippen LogP contribution in [0.2, 0.25) is 0 Å². The van der Waals surface area contributed by atoms with Crippen LogP contribution in [-0.4, -0.2) is 6.41 Å². The maximum atomic E-state index is 12.4. The van der Waals surface area contributed by atoms with Gasteiger partial charge in [0.05, 0.1) is 11.5 Å². The quantitative estimate of drug-likeness (QED) is 0.496. The molecule has 0 fully saturated rings. The van der Waals surface area contributed by atoms with Gasteiger partial charge >= 0.3 is 0 Å². The van der Waals surface area contributed by atoms with E-state index in [0.717, 1.165) is 19.9 Å². The Morgan fingerprint density at radius 2 is 1.91 bits per heavy atom.